The summed E-state index contributed by atoms with van der Waals surface area (Å²) >= 11 is 0. The highest BCUT2D eigenvalue weighted by Crippen LogP contribution is 2.28. The van der Waals surface area contributed by atoms with Gasteiger partial charge in [-0.05, 0) is 38.0 Å². The van der Waals surface area contributed by atoms with Crippen LogP contribution in [-0.4, -0.2) is 49.4 Å². The lowest BCUT2D eigenvalue weighted by Gasteiger charge is -2.16. The fraction of sp³-hybridized carbons (Fsp3) is 0.529. The molecule has 0 aromatic heterocycles. The summed E-state index contributed by atoms with van der Waals surface area (Å²) in [5.74, 6) is 1.20. The number of hydrogen-bond acceptors (Lipinski definition) is 5. The van der Waals surface area contributed by atoms with Gasteiger partial charge in [-0.3, -0.25) is 9.59 Å². The lowest BCUT2D eigenvalue weighted by atomic mass is 10.1. The van der Waals surface area contributed by atoms with E-state index in [1.165, 1.54) is 14.0 Å². The number of methoxy groups -OCH3 is 1. The maximum Gasteiger partial charge on any atom is 0.222 e. The Morgan fingerprint density at radius 3 is 2.74 bits per heavy atom. The number of carbonyl (C=O) groups is 2. The summed E-state index contributed by atoms with van der Waals surface area (Å²) in [4.78, 5) is 25.2. The van der Waals surface area contributed by atoms with Crippen molar-refractivity contribution in [1.82, 2.24) is 4.90 Å². The second-order valence-electron chi connectivity index (χ2n) is 5.76. The fourth-order valence-electron chi connectivity index (χ4n) is 2.58. The number of benzene rings is 1. The van der Waals surface area contributed by atoms with Crippen molar-refractivity contribution in [1.29, 1.82) is 0 Å². The number of carbonyl (C=O) groups excluding carboxylic acids is 2. The maximum absolute atomic E-state index is 12.0. The van der Waals surface area contributed by atoms with Crippen molar-refractivity contribution >= 4 is 11.7 Å². The van der Waals surface area contributed by atoms with E-state index in [2.05, 4.69) is 0 Å². The molecule has 2 rings (SSSR count). The second kappa shape index (κ2) is 7.97. The van der Waals surface area contributed by atoms with E-state index < -0.39 is 0 Å². The number of nitrogens with zero attached hydrogens (tertiary/aromatic N) is 1. The molecule has 6 nitrogen and oxygen atoms in total. The van der Waals surface area contributed by atoms with Crippen molar-refractivity contribution in [3.05, 3.63) is 23.8 Å². The van der Waals surface area contributed by atoms with Crippen LogP contribution in [0.2, 0.25) is 0 Å². The molecular formula is C17H24N2O4. The molecule has 0 bridgehead atoms. The average Bonchev–Trinajstić information content (AvgIpc) is 2.97. The SMILES string of the molecule is COc1cc(C(C)=O)ccc1OCCCC(=O)N1CC[C@@H](N)C1. The van der Waals surface area contributed by atoms with E-state index in [-0.39, 0.29) is 17.7 Å². The minimum atomic E-state index is -0.0238. The van der Waals surface area contributed by atoms with E-state index in [4.69, 9.17) is 15.2 Å². The number of ether oxygens (including phenoxy) is 2. The standard InChI is InChI=1S/C17H24N2O4/c1-12(20)13-5-6-15(16(10-13)22-2)23-9-3-4-17(21)19-8-7-14(18)11-19/h5-6,10,14H,3-4,7-9,11,18H2,1-2H3/t14-/m1/s1. The lowest BCUT2D eigenvalue weighted by Crippen LogP contribution is -2.31. The summed E-state index contributed by atoms with van der Waals surface area (Å²) in [5, 5.41) is 0. The third kappa shape index (κ3) is 4.69. The van der Waals surface area contributed by atoms with Crippen molar-refractivity contribution in [2.24, 2.45) is 5.73 Å². The number of rotatable bonds is 7. The number of nitrogens with two attached hydrogens (primary N) is 1. The van der Waals surface area contributed by atoms with Crippen LogP contribution in [0.5, 0.6) is 11.5 Å². The second-order valence-corrected chi connectivity index (χ2v) is 5.76. The van der Waals surface area contributed by atoms with Gasteiger partial charge in [-0.1, -0.05) is 0 Å². The van der Waals surface area contributed by atoms with Crippen LogP contribution in [0, 0.1) is 0 Å². The van der Waals surface area contributed by atoms with Gasteiger partial charge in [0.15, 0.2) is 17.3 Å². The number of Topliss-reactive ketones (excluding diaryl/α,β-unsaturated/α-hetero) is 1. The number of amides is 1. The fourth-order valence-corrected chi connectivity index (χ4v) is 2.58. The molecule has 0 spiro atoms. The Morgan fingerprint density at radius 1 is 1.35 bits per heavy atom. The van der Waals surface area contributed by atoms with Crippen LogP contribution in [0.4, 0.5) is 0 Å². The molecule has 126 valence electrons. The first-order valence-electron chi connectivity index (χ1n) is 7.86. The van der Waals surface area contributed by atoms with Crippen LogP contribution in [0.15, 0.2) is 18.2 Å². The molecule has 1 aromatic rings. The molecule has 23 heavy (non-hydrogen) atoms. The molecule has 0 radical (unpaired) electrons. The van der Waals surface area contributed by atoms with Gasteiger partial charge in [-0.2, -0.15) is 0 Å². The number of likely N-dealkylation sites (tertiary alicyclic amines) is 1. The summed E-state index contributed by atoms with van der Waals surface area (Å²) < 4.78 is 10.9. The largest absolute Gasteiger partial charge is 0.493 e. The molecule has 1 fully saturated rings. The number of ketones is 1. The van der Waals surface area contributed by atoms with Gasteiger partial charge < -0.3 is 20.1 Å². The average molecular weight is 320 g/mol. The van der Waals surface area contributed by atoms with E-state index in [1.54, 1.807) is 18.2 Å². The van der Waals surface area contributed by atoms with E-state index in [1.807, 2.05) is 4.90 Å². The first-order valence-corrected chi connectivity index (χ1v) is 7.86. The van der Waals surface area contributed by atoms with E-state index in [9.17, 15) is 9.59 Å². The Hall–Kier alpha value is -2.08. The van der Waals surface area contributed by atoms with E-state index >= 15 is 0 Å². The zero-order chi connectivity index (χ0) is 16.8. The molecule has 1 saturated heterocycles. The van der Waals surface area contributed by atoms with Crippen LogP contribution in [-0.2, 0) is 4.79 Å². The zero-order valence-electron chi connectivity index (χ0n) is 13.7. The molecule has 1 aromatic carbocycles. The summed E-state index contributed by atoms with van der Waals surface area (Å²) in [6.45, 7) is 3.33. The molecule has 1 aliphatic rings. The van der Waals surface area contributed by atoms with E-state index in [0.29, 0.717) is 43.1 Å². The van der Waals surface area contributed by atoms with Crippen LogP contribution in [0.1, 0.15) is 36.5 Å². The van der Waals surface area contributed by atoms with Crippen LogP contribution >= 0.6 is 0 Å². The van der Waals surface area contributed by atoms with Gasteiger partial charge in [-0.25, -0.2) is 0 Å². The summed E-state index contributed by atoms with van der Waals surface area (Å²) in [6, 6.07) is 5.20. The van der Waals surface area contributed by atoms with Gasteiger partial charge in [0.2, 0.25) is 5.91 Å². The normalized spacial score (nSPS) is 17.2. The summed E-state index contributed by atoms with van der Waals surface area (Å²) in [5.41, 5.74) is 6.38. The topological polar surface area (TPSA) is 81.9 Å². The van der Waals surface area contributed by atoms with Crippen molar-refractivity contribution in [3.63, 3.8) is 0 Å². The maximum atomic E-state index is 12.0. The predicted molar refractivity (Wildman–Crippen MR) is 86.9 cm³/mol. The Morgan fingerprint density at radius 2 is 2.13 bits per heavy atom. The molecule has 1 heterocycles. The first-order chi connectivity index (χ1) is 11.0. The predicted octanol–water partition coefficient (Wildman–Crippen LogP) is 1.62. The van der Waals surface area contributed by atoms with Crippen LogP contribution < -0.4 is 15.2 Å². The van der Waals surface area contributed by atoms with Crippen LogP contribution in [0.25, 0.3) is 0 Å². The Balaban J connectivity index is 1.80. The van der Waals surface area contributed by atoms with Gasteiger partial charge in [0.1, 0.15) is 0 Å². The molecular weight excluding hydrogens is 296 g/mol. The van der Waals surface area contributed by atoms with Crippen molar-refractivity contribution in [2.75, 3.05) is 26.8 Å². The highest BCUT2D eigenvalue weighted by molar-refractivity contribution is 5.94. The Bertz CT molecular complexity index is 574. The Kier molecular flexibility index (Phi) is 5.98. The number of hydrogen-bond donors (Lipinski definition) is 1. The molecule has 1 aliphatic heterocycles. The zero-order valence-corrected chi connectivity index (χ0v) is 13.7. The minimum Gasteiger partial charge on any atom is -0.493 e. The van der Waals surface area contributed by atoms with Crippen molar-refractivity contribution in [3.8, 4) is 11.5 Å². The highest BCUT2D eigenvalue weighted by Gasteiger charge is 2.22. The smallest absolute Gasteiger partial charge is 0.222 e. The van der Waals surface area contributed by atoms with Gasteiger partial charge >= 0.3 is 0 Å². The quantitative estimate of drug-likeness (QED) is 0.610. The highest BCUT2D eigenvalue weighted by atomic mass is 16.5. The van der Waals surface area contributed by atoms with Gasteiger partial charge in [-0.15, -0.1) is 0 Å². The molecule has 1 amide bonds. The Labute approximate surface area is 136 Å². The van der Waals surface area contributed by atoms with Crippen molar-refractivity contribution < 1.29 is 19.1 Å². The lowest BCUT2D eigenvalue weighted by molar-refractivity contribution is -0.130. The molecule has 2 N–H and O–H groups in total. The molecule has 0 saturated carbocycles. The molecule has 6 heteroatoms. The van der Waals surface area contributed by atoms with Crippen molar-refractivity contribution in [2.45, 2.75) is 32.2 Å². The molecule has 0 aliphatic carbocycles. The van der Waals surface area contributed by atoms with Gasteiger partial charge in [0, 0.05) is 31.1 Å². The first kappa shape index (κ1) is 17.3. The molecule has 1 atom stereocenters. The van der Waals surface area contributed by atoms with Gasteiger partial charge in [0.05, 0.1) is 13.7 Å². The van der Waals surface area contributed by atoms with Gasteiger partial charge in [0.25, 0.3) is 0 Å². The minimum absolute atomic E-state index is 0.0238. The van der Waals surface area contributed by atoms with Crippen LogP contribution in [0.3, 0.4) is 0 Å². The third-order valence-corrected chi connectivity index (χ3v) is 3.94. The summed E-state index contributed by atoms with van der Waals surface area (Å²) in [7, 11) is 1.53. The van der Waals surface area contributed by atoms with E-state index in [0.717, 1.165) is 13.0 Å². The summed E-state index contributed by atoms with van der Waals surface area (Å²) in [6.07, 6.45) is 1.95. The third-order valence-electron chi connectivity index (χ3n) is 3.94. The monoisotopic (exact) mass is 320 g/mol. The molecule has 0 unspecified atom stereocenters.